The molecule has 0 aliphatic rings. The van der Waals surface area contributed by atoms with Crippen molar-refractivity contribution in [3.8, 4) is 0 Å². The van der Waals surface area contributed by atoms with Crippen LogP contribution >= 0.6 is 15.9 Å². The fraction of sp³-hybridized carbons (Fsp3) is 0.538. The van der Waals surface area contributed by atoms with E-state index >= 15 is 0 Å². The second-order valence-electron chi connectivity index (χ2n) is 4.45. The van der Waals surface area contributed by atoms with Crippen molar-refractivity contribution in [2.24, 2.45) is 0 Å². The van der Waals surface area contributed by atoms with E-state index < -0.39 is 10.0 Å². The number of benzene rings is 1. The Labute approximate surface area is 118 Å². The number of halogens is 1. The first kappa shape index (κ1) is 15.7. The molecule has 1 atom stereocenters. The largest absolute Gasteiger partial charge is 0.214 e. The van der Waals surface area contributed by atoms with Crippen molar-refractivity contribution in [3.63, 3.8) is 0 Å². The van der Waals surface area contributed by atoms with E-state index in [9.17, 15) is 8.42 Å². The number of nitrogens with zero attached hydrogens (tertiary/aromatic N) is 1. The van der Waals surface area contributed by atoms with Crippen molar-refractivity contribution >= 4 is 26.0 Å². The van der Waals surface area contributed by atoms with E-state index in [2.05, 4.69) is 15.9 Å². The second-order valence-corrected chi connectivity index (χ2v) is 7.37. The summed E-state index contributed by atoms with van der Waals surface area (Å²) in [5.41, 5.74) is 1.06. The fourth-order valence-electron chi connectivity index (χ4n) is 1.74. The van der Waals surface area contributed by atoms with E-state index in [0.29, 0.717) is 6.54 Å². The highest BCUT2D eigenvalue weighted by Gasteiger charge is 2.21. The van der Waals surface area contributed by atoms with E-state index in [1.807, 2.05) is 37.3 Å². The molecular weight excluding hydrogens is 314 g/mol. The summed E-state index contributed by atoms with van der Waals surface area (Å²) in [5.74, 6) is 0.179. The zero-order chi connectivity index (χ0) is 13.6. The molecule has 1 unspecified atom stereocenters. The number of rotatable bonds is 7. The van der Waals surface area contributed by atoms with Gasteiger partial charge in [-0.2, -0.15) is 0 Å². The molecule has 0 N–H and O–H groups in total. The molecular formula is C13H20BrNO2S. The molecule has 0 fully saturated rings. The number of alkyl halides is 1. The monoisotopic (exact) mass is 333 g/mol. The molecule has 0 aliphatic carbocycles. The van der Waals surface area contributed by atoms with Crippen LogP contribution in [0.2, 0.25) is 0 Å². The number of hydrogen-bond acceptors (Lipinski definition) is 2. The predicted molar refractivity (Wildman–Crippen MR) is 79.7 cm³/mol. The lowest BCUT2D eigenvalue weighted by atomic mass is 10.0. The SMILES string of the molecule is CC(CS(=O)(=O)N(C)CCCBr)c1ccccc1. The Bertz CT molecular complexity index is 447. The Morgan fingerprint density at radius 3 is 2.44 bits per heavy atom. The molecule has 0 bridgehead atoms. The fourth-order valence-corrected chi connectivity index (χ4v) is 3.48. The Balaban J connectivity index is 2.65. The standard InChI is InChI=1S/C13H20BrNO2S/c1-12(13-7-4-3-5-8-13)11-18(16,17)15(2)10-6-9-14/h3-5,7-8,12H,6,9-11H2,1-2H3. The molecule has 1 aromatic carbocycles. The minimum Gasteiger partial charge on any atom is -0.212 e. The Morgan fingerprint density at radius 1 is 1.28 bits per heavy atom. The van der Waals surface area contributed by atoms with Gasteiger partial charge in [-0.05, 0) is 17.9 Å². The zero-order valence-electron chi connectivity index (χ0n) is 10.8. The van der Waals surface area contributed by atoms with Crippen LogP contribution in [0.1, 0.15) is 24.8 Å². The van der Waals surface area contributed by atoms with Gasteiger partial charge in [0.05, 0.1) is 5.75 Å². The van der Waals surface area contributed by atoms with Gasteiger partial charge in [0.25, 0.3) is 0 Å². The van der Waals surface area contributed by atoms with Gasteiger partial charge in [0.2, 0.25) is 10.0 Å². The molecule has 0 saturated carbocycles. The Morgan fingerprint density at radius 2 is 1.89 bits per heavy atom. The smallest absolute Gasteiger partial charge is 0.212 e. The molecule has 0 radical (unpaired) electrons. The van der Waals surface area contributed by atoms with Crippen LogP contribution in [0, 0.1) is 0 Å². The molecule has 0 heterocycles. The summed E-state index contributed by atoms with van der Waals surface area (Å²) in [4.78, 5) is 0. The summed E-state index contributed by atoms with van der Waals surface area (Å²) < 4.78 is 25.7. The van der Waals surface area contributed by atoms with Crippen LogP contribution in [0.5, 0.6) is 0 Å². The van der Waals surface area contributed by atoms with Gasteiger partial charge in [0, 0.05) is 18.9 Å². The van der Waals surface area contributed by atoms with Gasteiger partial charge >= 0.3 is 0 Å². The van der Waals surface area contributed by atoms with Crippen LogP contribution < -0.4 is 0 Å². The first-order chi connectivity index (χ1) is 8.47. The van der Waals surface area contributed by atoms with Crippen molar-refractivity contribution in [2.75, 3.05) is 24.7 Å². The quantitative estimate of drug-likeness (QED) is 0.719. The topological polar surface area (TPSA) is 37.4 Å². The summed E-state index contributed by atoms with van der Waals surface area (Å²) in [7, 11) is -1.52. The van der Waals surface area contributed by atoms with Gasteiger partial charge in [-0.25, -0.2) is 12.7 Å². The third-order valence-electron chi connectivity index (χ3n) is 2.91. The lowest BCUT2D eigenvalue weighted by molar-refractivity contribution is 0.467. The van der Waals surface area contributed by atoms with E-state index in [4.69, 9.17) is 0 Å². The van der Waals surface area contributed by atoms with Gasteiger partial charge in [-0.1, -0.05) is 53.2 Å². The van der Waals surface area contributed by atoms with Gasteiger partial charge in [-0.3, -0.25) is 0 Å². The summed E-state index contributed by atoms with van der Waals surface area (Å²) in [6.07, 6.45) is 0.829. The molecule has 3 nitrogen and oxygen atoms in total. The second kappa shape index (κ2) is 7.26. The van der Waals surface area contributed by atoms with Crippen LogP contribution in [0.15, 0.2) is 30.3 Å². The van der Waals surface area contributed by atoms with Crippen LogP contribution in [-0.4, -0.2) is 37.4 Å². The Kier molecular flexibility index (Phi) is 6.32. The van der Waals surface area contributed by atoms with E-state index in [1.54, 1.807) is 7.05 Å². The summed E-state index contributed by atoms with van der Waals surface area (Å²) in [6.45, 7) is 2.51. The molecule has 0 aromatic heterocycles. The van der Waals surface area contributed by atoms with Crippen molar-refractivity contribution < 1.29 is 8.42 Å². The highest BCUT2D eigenvalue weighted by molar-refractivity contribution is 9.09. The van der Waals surface area contributed by atoms with Crippen molar-refractivity contribution in [1.82, 2.24) is 4.31 Å². The Hall–Kier alpha value is -0.390. The molecule has 102 valence electrons. The minimum absolute atomic E-state index is 0.0163. The summed E-state index contributed by atoms with van der Waals surface area (Å²) in [5, 5.41) is 0.821. The maximum absolute atomic E-state index is 12.1. The van der Waals surface area contributed by atoms with Crippen molar-refractivity contribution in [2.45, 2.75) is 19.3 Å². The predicted octanol–water partition coefficient (Wildman–Crippen LogP) is 2.84. The average molecular weight is 334 g/mol. The van der Waals surface area contributed by atoms with Gasteiger partial charge < -0.3 is 0 Å². The minimum atomic E-state index is -3.17. The van der Waals surface area contributed by atoms with E-state index in [0.717, 1.165) is 17.3 Å². The highest BCUT2D eigenvalue weighted by atomic mass is 79.9. The molecule has 1 rings (SSSR count). The third-order valence-corrected chi connectivity index (χ3v) is 5.53. The molecule has 18 heavy (non-hydrogen) atoms. The molecule has 0 aliphatic heterocycles. The van der Waals surface area contributed by atoms with Crippen LogP contribution in [0.4, 0.5) is 0 Å². The summed E-state index contributed by atoms with van der Waals surface area (Å²) >= 11 is 3.31. The lowest BCUT2D eigenvalue weighted by Gasteiger charge is -2.19. The highest BCUT2D eigenvalue weighted by Crippen LogP contribution is 2.18. The first-order valence-corrected chi connectivity index (χ1v) is 8.75. The maximum Gasteiger partial charge on any atom is 0.214 e. The van der Waals surface area contributed by atoms with Crippen molar-refractivity contribution in [1.29, 1.82) is 0 Å². The molecule has 0 saturated heterocycles. The number of hydrogen-bond donors (Lipinski definition) is 0. The number of sulfonamides is 1. The molecule has 0 amide bonds. The molecule has 1 aromatic rings. The lowest BCUT2D eigenvalue weighted by Crippen LogP contribution is -2.32. The van der Waals surface area contributed by atoms with E-state index in [-0.39, 0.29) is 11.7 Å². The van der Waals surface area contributed by atoms with Crippen LogP contribution in [-0.2, 0) is 10.0 Å². The van der Waals surface area contributed by atoms with Gasteiger partial charge in [0.15, 0.2) is 0 Å². The van der Waals surface area contributed by atoms with Gasteiger partial charge in [-0.15, -0.1) is 0 Å². The normalized spacial score (nSPS) is 13.8. The van der Waals surface area contributed by atoms with E-state index in [1.165, 1.54) is 4.31 Å². The molecule has 5 heteroatoms. The van der Waals surface area contributed by atoms with Crippen molar-refractivity contribution in [3.05, 3.63) is 35.9 Å². The summed E-state index contributed by atoms with van der Waals surface area (Å²) in [6, 6.07) is 9.75. The molecule has 0 spiro atoms. The first-order valence-electron chi connectivity index (χ1n) is 6.02. The zero-order valence-corrected chi connectivity index (χ0v) is 13.2. The van der Waals surface area contributed by atoms with Gasteiger partial charge in [0.1, 0.15) is 0 Å². The maximum atomic E-state index is 12.1. The van der Waals surface area contributed by atoms with Crippen LogP contribution in [0.3, 0.4) is 0 Å². The average Bonchev–Trinajstić information content (AvgIpc) is 2.36. The van der Waals surface area contributed by atoms with Crippen LogP contribution in [0.25, 0.3) is 0 Å². The third kappa shape index (κ3) is 4.71.